The van der Waals surface area contributed by atoms with Gasteiger partial charge in [0.05, 0.1) is 25.8 Å². The smallest absolute Gasteiger partial charge is 0.338 e. The van der Waals surface area contributed by atoms with Crippen LogP contribution in [0.5, 0.6) is 11.5 Å². The number of carbonyl (C=O) groups excluding carboxylic acids is 2. The molecule has 0 saturated carbocycles. The zero-order valence-electron chi connectivity index (χ0n) is 16.1. The molecule has 0 heterocycles. The molecule has 2 rings (SSSR count). The van der Waals surface area contributed by atoms with Crippen LogP contribution in [0.2, 0.25) is 0 Å². The van der Waals surface area contributed by atoms with E-state index in [0.717, 1.165) is 17.5 Å². The number of ether oxygens (including phenoxy) is 3. The maximum atomic E-state index is 12.2. The van der Waals surface area contributed by atoms with Gasteiger partial charge in [-0.05, 0) is 49.2 Å². The van der Waals surface area contributed by atoms with Crippen LogP contribution < -0.4 is 14.8 Å². The first-order valence-corrected chi connectivity index (χ1v) is 8.75. The lowest BCUT2D eigenvalue weighted by Crippen LogP contribution is -2.31. The van der Waals surface area contributed by atoms with Gasteiger partial charge < -0.3 is 19.5 Å². The SMILES string of the molecule is CCc1ccc(C(=O)OCC(=O)N[C@H](C)c2cc(OC)ccc2OC)cc1. The van der Waals surface area contributed by atoms with E-state index in [1.165, 1.54) is 0 Å². The summed E-state index contributed by atoms with van der Waals surface area (Å²) in [6, 6.07) is 12.1. The van der Waals surface area contributed by atoms with Crippen molar-refractivity contribution in [1.29, 1.82) is 0 Å². The second-order valence-electron chi connectivity index (χ2n) is 6.02. The summed E-state index contributed by atoms with van der Waals surface area (Å²) in [4.78, 5) is 24.2. The third-order valence-corrected chi connectivity index (χ3v) is 4.21. The third kappa shape index (κ3) is 5.48. The number of benzene rings is 2. The lowest BCUT2D eigenvalue weighted by molar-refractivity contribution is -0.124. The van der Waals surface area contributed by atoms with Gasteiger partial charge in [-0.25, -0.2) is 4.79 Å². The Morgan fingerprint density at radius 3 is 2.33 bits per heavy atom. The van der Waals surface area contributed by atoms with E-state index in [0.29, 0.717) is 17.1 Å². The monoisotopic (exact) mass is 371 g/mol. The minimum atomic E-state index is -0.528. The Labute approximate surface area is 159 Å². The first-order chi connectivity index (χ1) is 13.0. The highest BCUT2D eigenvalue weighted by atomic mass is 16.5. The van der Waals surface area contributed by atoms with E-state index in [4.69, 9.17) is 14.2 Å². The van der Waals surface area contributed by atoms with Crippen LogP contribution >= 0.6 is 0 Å². The van der Waals surface area contributed by atoms with Crippen molar-refractivity contribution in [2.75, 3.05) is 20.8 Å². The van der Waals surface area contributed by atoms with E-state index in [9.17, 15) is 9.59 Å². The minimum absolute atomic E-state index is 0.343. The number of hydrogen-bond donors (Lipinski definition) is 1. The molecule has 2 aromatic rings. The summed E-state index contributed by atoms with van der Waals surface area (Å²) in [6.45, 7) is 3.50. The first kappa shape index (κ1) is 20.3. The number of rotatable bonds is 8. The maximum absolute atomic E-state index is 12.2. The molecule has 0 fully saturated rings. The van der Waals surface area contributed by atoms with Crippen molar-refractivity contribution in [3.63, 3.8) is 0 Å². The fraction of sp³-hybridized carbons (Fsp3) is 0.333. The van der Waals surface area contributed by atoms with Crippen LogP contribution in [0.3, 0.4) is 0 Å². The second kappa shape index (κ2) is 9.62. The Hall–Kier alpha value is -3.02. The fourth-order valence-corrected chi connectivity index (χ4v) is 2.63. The molecule has 2 aromatic carbocycles. The van der Waals surface area contributed by atoms with Crippen molar-refractivity contribution in [3.8, 4) is 11.5 Å². The van der Waals surface area contributed by atoms with E-state index in [1.807, 2.05) is 26.0 Å². The largest absolute Gasteiger partial charge is 0.497 e. The minimum Gasteiger partial charge on any atom is -0.497 e. The molecule has 0 spiro atoms. The average Bonchev–Trinajstić information content (AvgIpc) is 2.71. The summed E-state index contributed by atoms with van der Waals surface area (Å²) < 4.78 is 15.6. The van der Waals surface area contributed by atoms with Gasteiger partial charge in [0.25, 0.3) is 5.91 Å². The van der Waals surface area contributed by atoms with E-state index < -0.39 is 11.9 Å². The number of hydrogen-bond acceptors (Lipinski definition) is 5. The molecule has 6 heteroatoms. The van der Waals surface area contributed by atoms with Gasteiger partial charge in [-0.3, -0.25) is 4.79 Å². The first-order valence-electron chi connectivity index (χ1n) is 8.75. The molecule has 6 nitrogen and oxygen atoms in total. The van der Waals surface area contributed by atoms with Crippen molar-refractivity contribution >= 4 is 11.9 Å². The van der Waals surface area contributed by atoms with Crippen molar-refractivity contribution in [3.05, 3.63) is 59.2 Å². The number of esters is 1. The molecule has 27 heavy (non-hydrogen) atoms. The maximum Gasteiger partial charge on any atom is 0.338 e. The second-order valence-corrected chi connectivity index (χ2v) is 6.02. The van der Waals surface area contributed by atoms with Crippen molar-refractivity contribution < 1.29 is 23.8 Å². The van der Waals surface area contributed by atoms with Gasteiger partial charge in [0, 0.05) is 5.56 Å². The summed E-state index contributed by atoms with van der Waals surface area (Å²) in [5.41, 5.74) is 2.32. The molecule has 0 saturated heterocycles. The van der Waals surface area contributed by atoms with Gasteiger partial charge >= 0.3 is 5.97 Å². The summed E-state index contributed by atoms with van der Waals surface area (Å²) >= 11 is 0. The predicted molar refractivity (Wildman–Crippen MR) is 102 cm³/mol. The fourth-order valence-electron chi connectivity index (χ4n) is 2.63. The number of aryl methyl sites for hydroxylation is 1. The summed E-state index contributed by atoms with van der Waals surface area (Å²) in [5.74, 6) is 0.371. The highest BCUT2D eigenvalue weighted by Crippen LogP contribution is 2.29. The number of nitrogens with one attached hydrogen (secondary N) is 1. The molecule has 0 radical (unpaired) electrons. The highest BCUT2D eigenvalue weighted by molar-refractivity contribution is 5.91. The standard InChI is InChI=1S/C21H25NO5/c1-5-15-6-8-16(9-7-15)21(24)27-13-20(23)22-14(2)18-12-17(25-3)10-11-19(18)26-4/h6-12,14H,5,13H2,1-4H3,(H,22,23)/t14-/m1/s1. The predicted octanol–water partition coefficient (Wildman–Crippen LogP) is 3.30. The molecule has 0 aromatic heterocycles. The summed E-state index contributed by atoms with van der Waals surface area (Å²) in [5, 5.41) is 2.80. The molecule has 0 aliphatic carbocycles. The van der Waals surface area contributed by atoms with E-state index in [1.54, 1.807) is 44.6 Å². The summed E-state index contributed by atoms with van der Waals surface area (Å²) in [7, 11) is 3.13. The van der Waals surface area contributed by atoms with Gasteiger partial charge in [0.15, 0.2) is 6.61 Å². The lowest BCUT2D eigenvalue weighted by atomic mass is 10.1. The zero-order valence-corrected chi connectivity index (χ0v) is 16.1. The Morgan fingerprint density at radius 2 is 1.74 bits per heavy atom. The van der Waals surface area contributed by atoms with Crippen LogP contribution in [0, 0.1) is 0 Å². The van der Waals surface area contributed by atoms with Crippen molar-refractivity contribution in [2.24, 2.45) is 0 Å². The number of amides is 1. The van der Waals surface area contributed by atoms with Gasteiger partial charge in [-0.15, -0.1) is 0 Å². The molecule has 0 unspecified atom stereocenters. The van der Waals surface area contributed by atoms with Gasteiger partial charge in [0.1, 0.15) is 11.5 Å². The molecule has 1 N–H and O–H groups in total. The van der Waals surface area contributed by atoms with Gasteiger partial charge in [0.2, 0.25) is 0 Å². The Morgan fingerprint density at radius 1 is 1.04 bits per heavy atom. The van der Waals surface area contributed by atoms with Gasteiger partial charge in [-0.2, -0.15) is 0 Å². The Kier molecular flexibility index (Phi) is 7.23. The van der Waals surface area contributed by atoms with Crippen LogP contribution in [0.15, 0.2) is 42.5 Å². The van der Waals surface area contributed by atoms with Crippen molar-refractivity contribution in [2.45, 2.75) is 26.3 Å². The van der Waals surface area contributed by atoms with Crippen molar-refractivity contribution in [1.82, 2.24) is 5.32 Å². The van der Waals surface area contributed by atoms with Gasteiger partial charge in [-0.1, -0.05) is 19.1 Å². The average molecular weight is 371 g/mol. The lowest BCUT2D eigenvalue weighted by Gasteiger charge is -2.18. The van der Waals surface area contributed by atoms with Crippen LogP contribution in [0.4, 0.5) is 0 Å². The van der Waals surface area contributed by atoms with E-state index in [-0.39, 0.29) is 12.6 Å². The Balaban J connectivity index is 1.93. The molecular formula is C21H25NO5. The normalized spacial score (nSPS) is 11.4. The molecular weight excluding hydrogens is 346 g/mol. The molecule has 144 valence electrons. The van der Waals surface area contributed by atoms with Crippen LogP contribution in [-0.2, 0) is 16.0 Å². The van der Waals surface area contributed by atoms with Crippen LogP contribution in [0.1, 0.15) is 41.4 Å². The van der Waals surface area contributed by atoms with E-state index in [2.05, 4.69) is 5.32 Å². The molecule has 0 aliphatic heterocycles. The van der Waals surface area contributed by atoms with E-state index >= 15 is 0 Å². The zero-order chi connectivity index (χ0) is 19.8. The molecule has 1 amide bonds. The quantitative estimate of drug-likeness (QED) is 0.721. The summed E-state index contributed by atoms with van der Waals surface area (Å²) in [6.07, 6.45) is 0.892. The number of methoxy groups -OCH3 is 2. The van der Waals surface area contributed by atoms with Crippen LogP contribution in [0.25, 0.3) is 0 Å². The molecule has 0 aliphatic rings. The van der Waals surface area contributed by atoms with Crippen LogP contribution in [-0.4, -0.2) is 32.7 Å². The Bertz CT molecular complexity index is 786. The highest BCUT2D eigenvalue weighted by Gasteiger charge is 2.17. The molecule has 0 bridgehead atoms. The topological polar surface area (TPSA) is 73.9 Å². The molecule has 1 atom stereocenters. The number of carbonyl (C=O) groups is 2. The third-order valence-electron chi connectivity index (χ3n) is 4.21.